The van der Waals surface area contributed by atoms with Crippen molar-refractivity contribution in [2.75, 3.05) is 7.05 Å². The molecule has 0 aliphatic rings. The number of likely N-dealkylation sites (N-methyl/N-ethyl adjacent to an activating group) is 1. The van der Waals surface area contributed by atoms with Crippen LogP contribution in [0, 0.1) is 13.8 Å². The highest BCUT2D eigenvalue weighted by molar-refractivity contribution is 5.32. The SMILES string of the molecule is CCn1ccn(CC(NC)c2ccc(C)cc2C)c1=O. The first-order valence-electron chi connectivity index (χ1n) is 7.06. The van der Waals surface area contributed by atoms with E-state index in [2.05, 4.69) is 37.4 Å². The van der Waals surface area contributed by atoms with Gasteiger partial charge in [-0.05, 0) is 38.9 Å². The second-order valence-electron chi connectivity index (χ2n) is 5.22. The molecule has 0 fully saturated rings. The van der Waals surface area contributed by atoms with E-state index < -0.39 is 0 Å². The molecule has 1 aromatic heterocycles. The van der Waals surface area contributed by atoms with Gasteiger partial charge in [-0.3, -0.25) is 9.13 Å². The number of hydrogen-bond donors (Lipinski definition) is 1. The number of benzene rings is 1. The molecule has 1 N–H and O–H groups in total. The first-order valence-corrected chi connectivity index (χ1v) is 7.06. The van der Waals surface area contributed by atoms with Gasteiger partial charge in [-0.25, -0.2) is 4.79 Å². The summed E-state index contributed by atoms with van der Waals surface area (Å²) in [6.45, 7) is 7.54. The van der Waals surface area contributed by atoms with E-state index in [0.717, 1.165) is 0 Å². The van der Waals surface area contributed by atoms with Gasteiger partial charge in [0.05, 0.1) is 6.04 Å². The number of nitrogens with zero attached hydrogens (tertiary/aromatic N) is 2. The number of aryl methyl sites for hydroxylation is 3. The van der Waals surface area contributed by atoms with E-state index in [1.807, 2.05) is 26.4 Å². The summed E-state index contributed by atoms with van der Waals surface area (Å²) in [5.74, 6) is 0. The fraction of sp³-hybridized carbons (Fsp3) is 0.438. The Balaban J connectivity index is 2.28. The Morgan fingerprint density at radius 3 is 2.45 bits per heavy atom. The van der Waals surface area contributed by atoms with Crippen molar-refractivity contribution >= 4 is 0 Å². The van der Waals surface area contributed by atoms with E-state index in [1.165, 1.54) is 16.7 Å². The van der Waals surface area contributed by atoms with Crippen LogP contribution in [0.15, 0.2) is 35.4 Å². The van der Waals surface area contributed by atoms with Gasteiger partial charge in [-0.1, -0.05) is 23.8 Å². The molecule has 0 aliphatic carbocycles. The Bertz CT molecular complexity index is 639. The monoisotopic (exact) mass is 273 g/mol. The Kier molecular flexibility index (Phi) is 4.45. The molecular weight excluding hydrogens is 250 g/mol. The van der Waals surface area contributed by atoms with Crippen LogP contribution in [0.25, 0.3) is 0 Å². The summed E-state index contributed by atoms with van der Waals surface area (Å²) in [6.07, 6.45) is 3.71. The van der Waals surface area contributed by atoms with Gasteiger partial charge in [0, 0.05) is 25.5 Å². The number of hydrogen-bond acceptors (Lipinski definition) is 2. The van der Waals surface area contributed by atoms with E-state index in [-0.39, 0.29) is 11.7 Å². The van der Waals surface area contributed by atoms with Crippen molar-refractivity contribution in [2.24, 2.45) is 0 Å². The molecular formula is C16H23N3O. The smallest absolute Gasteiger partial charge is 0.312 e. The summed E-state index contributed by atoms with van der Waals surface area (Å²) in [7, 11) is 1.94. The molecule has 2 aromatic rings. The Morgan fingerprint density at radius 2 is 1.90 bits per heavy atom. The van der Waals surface area contributed by atoms with Crippen molar-refractivity contribution in [1.82, 2.24) is 14.5 Å². The van der Waals surface area contributed by atoms with Crippen LogP contribution in [0.2, 0.25) is 0 Å². The molecule has 0 amide bonds. The van der Waals surface area contributed by atoms with Crippen LogP contribution in [0.4, 0.5) is 0 Å². The van der Waals surface area contributed by atoms with Gasteiger partial charge in [0.25, 0.3) is 0 Å². The lowest BCUT2D eigenvalue weighted by Gasteiger charge is -2.19. The fourth-order valence-electron chi connectivity index (χ4n) is 2.59. The summed E-state index contributed by atoms with van der Waals surface area (Å²) < 4.78 is 3.48. The van der Waals surface area contributed by atoms with Crippen molar-refractivity contribution in [3.8, 4) is 0 Å². The van der Waals surface area contributed by atoms with Gasteiger partial charge in [-0.15, -0.1) is 0 Å². The summed E-state index contributed by atoms with van der Waals surface area (Å²) >= 11 is 0. The average Bonchev–Trinajstić information content (AvgIpc) is 2.77. The van der Waals surface area contributed by atoms with E-state index in [1.54, 1.807) is 9.13 Å². The molecule has 1 unspecified atom stereocenters. The standard InChI is InChI=1S/C16H23N3O/c1-5-18-8-9-19(16(18)20)11-15(17-4)14-7-6-12(2)10-13(14)3/h6-10,15,17H,5,11H2,1-4H3. The van der Waals surface area contributed by atoms with Gasteiger partial charge in [-0.2, -0.15) is 0 Å². The first kappa shape index (κ1) is 14.6. The largest absolute Gasteiger partial charge is 0.328 e. The number of nitrogens with one attached hydrogen (secondary N) is 1. The molecule has 4 heteroatoms. The maximum Gasteiger partial charge on any atom is 0.328 e. The molecule has 0 bridgehead atoms. The highest BCUT2D eigenvalue weighted by Crippen LogP contribution is 2.20. The van der Waals surface area contributed by atoms with Crippen molar-refractivity contribution in [3.05, 3.63) is 57.8 Å². The molecule has 1 atom stereocenters. The number of rotatable bonds is 5. The van der Waals surface area contributed by atoms with Crippen molar-refractivity contribution < 1.29 is 0 Å². The molecule has 0 saturated carbocycles. The third-order valence-corrected chi connectivity index (χ3v) is 3.79. The second-order valence-corrected chi connectivity index (χ2v) is 5.22. The number of imidazole rings is 1. The lowest BCUT2D eigenvalue weighted by Crippen LogP contribution is -2.30. The maximum absolute atomic E-state index is 12.1. The van der Waals surface area contributed by atoms with E-state index in [4.69, 9.17) is 0 Å². The Labute approximate surface area is 120 Å². The topological polar surface area (TPSA) is 39.0 Å². The zero-order valence-electron chi connectivity index (χ0n) is 12.7. The molecule has 20 heavy (non-hydrogen) atoms. The normalized spacial score (nSPS) is 12.6. The van der Waals surface area contributed by atoms with Crippen LogP contribution in [0.3, 0.4) is 0 Å². The fourth-order valence-corrected chi connectivity index (χ4v) is 2.59. The highest BCUT2D eigenvalue weighted by Gasteiger charge is 2.14. The van der Waals surface area contributed by atoms with Crippen LogP contribution in [0.1, 0.15) is 29.7 Å². The van der Waals surface area contributed by atoms with Crippen molar-refractivity contribution in [3.63, 3.8) is 0 Å². The van der Waals surface area contributed by atoms with Crippen molar-refractivity contribution in [1.29, 1.82) is 0 Å². The molecule has 1 aromatic carbocycles. The zero-order chi connectivity index (χ0) is 14.7. The third kappa shape index (κ3) is 2.85. The minimum atomic E-state index is 0.0533. The van der Waals surface area contributed by atoms with E-state index in [0.29, 0.717) is 13.1 Å². The summed E-state index contributed by atoms with van der Waals surface area (Å²) in [4.78, 5) is 12.1. The van der Waals surface area contributed by atoms with E-state index in [9.17, 15) is 4.79 Å². The van der Waals surface area contributed by atoms with Gasteiger partial charge in [0.2, 0.25) is 0 Å². The van der Waals surface area contributed by atoms with Crippen LogP contribution in [-0.4, -0.2) is 16.2 Å². The van der Waals surface area contributed by atoms with Crippen LogP contribution < -0.4 is 11.0 Å². The molecule has 0 aliphatic heterocycles. The minimum absolute atomic E-state index is 0.0533. The Hall–Kier alpha value is -1.81. The van der Waals surface area contributed by atoms with Gasteiger partial charge in [0.15, 0.2) is 0 Å². The zero-order valence-corrected chi connectivity index (χ0v) is 12.7. The summed E-state index contributed by atoms with van der Waals surface area (Å²) in [6, 6.07) is 6.58. The highest BCUT2D eigenvalue weighted by atomic mass is 16.1. The van der Waals surface area contributed by atoms with Crippen molar-refractivity contribution in [2.45, 2.75) is 39.9 Å². The predicted octanol–water partition coefficient (Wildman–Crippen LogP) is 2.25. The van der Waals surface area contributed by atoms with Crippen LogP contribution >= 0.6 is 0 Å². The molecule has 0 saturated heterocycles. The lowest BCUT2D eigenvalue weighted by molar-refractivity contribution is 0.483. The Morgan fingerprint density at radius 1 is 1.20 bits per heavy atom. The predicted molar refractivity (Wildman–Crippen MR) is 82.1 cm³/mol. The molecule has 4 nitrogen and oxygen atoms in total. The van der Waals surface area contributed by atoms with Gasteiger partial charge >= 0.3 is 5.69 Å². The van der Waals surface area contributed by atoms with Gasteiger partial charge < -0.3 is 5.32 Å². The van der Waals surface area contributed by atoms with Gasteiger partial charge in [0.1, 0.15) is 0 Å². The number of aromatic nitrogens is 2. The summed E-state index contributed by atoms with van der Waals surface area (Å²) in [5, 5.41) is 3.31. The molecule has 0 radical (unpaired) electrons. The minimum Gasteiger partial charge on any atom is -0.312 e. The third-order valence-electron chi connectivity index (χ3n) is 3.79. The summed E-state index contributed by atoms with van der Waals surface area (Å²) in [5.41, 5.74) is 3.81. The molecule has 1 heterocycles. The molecule has 108 valence electrons. The maximum atomic E-state index is 12.1. The average molecular weight is 273 g/mol. The van der Waals surface area contributed by atoms with Crippen LogP contribution in [-0.2, 0) is 13.1 Å². The van der Waals surface area contributed by atoms with Crippen LogP contribution in [0.5, 0.6) is 0 Å². The van der Waals surface area contributed by atoms with E-state index >= 15 is 0 Å². The quantitative estimate of drug-likeness (QED) is 0.907. The second kappa shape index (κ2) is 6.09. The first-order chi connectivity index (χ1) is 9.56. The lowest BCUT2D eigenvalue weighted by atomic mass is 9.99. The molecule has 0 spiro atoms. The molecule has 2 rings (SSSR count).